The van der Waals surface area contributed by atoms with Crippen LogP contribution in [0.15, 0.2) is 6.07 Å². The second-order valence-electron chi connectivity index (χ2n) is 4.05. The van der Waals surface area contributed by atoms with Gasteiger partial charge in [-0.1, -0.05) is 12.2 Å². The number of anilines is 1. The van der Waals surface area contributed by atoms with Crippen LogP contribution in [0.1, 0.15) is 29.8 Å². The molecule has 15 heavy (non-hydrogen) atoms. The number of hydrogen-bond acceptors (Lipinski definition) is 3. The van der Waals surface area contributed by atoms with Crippen LogP contribution in [0.2, 0.25) is 0 Å². The van der Waals surface area contributed by atoms with E-state index in [1.54, 1.807) is 0 Å². The van der Waals surface area contributed by atoms with Gasteiger partial charge < -0.3 is 11.1 Å². The van der Waals surface area contributed by atoms with Crippen LogP contribution in [0.5, 0.6) is 0 Å². The number of rotatable bonds is 3. The molecule has 0 aromatic carbocycles. The third-order valence-corrected chi connectivity index (χ3v) is 2.72. The lowest BCUT2D eigenvalue weighted by molar-refractivity contribution is 1.09. The quantitative estimate of drug-likeness (QED) is 0.766. The second-order valence-corrected chi connectivity index (χ2v) is 4.49. The molecule has 1 aromatic heterocycles. The Labute approximate surface area is 95.1 Å². The maximum Gasteiger partial charge on any atom is 0.107 e. The molecule has 80 valence electrons. The molecule has 0 unspecified atom stereocenters. The smallest absolute Gasteiger partial charge is 0.107 e. The van der Waals surface area contributed by atoms with E-state index in [0.717, 1.165) is 22.6 Å². The number of aryl methyl sites for hydroxylation is 2. The Balaban J connectivity index is 2.42. The highest BCUT2D eigenvalue weighted by molar-refractivity contribution is 7.80. The summed E-state index contributed by atoms with van der Waals surface area (Å²) in [6, 6.07) is 2.61. The number of thiocarbonyl (C=S) groups is 1. The molecule has 4 heteroatoms. The maximum absolute atomic E-state index is 5.71. The van der Waals surface area contributed by atoms with Gasteiger partial charge in [0.05, 0.1) is 5.56 Å². The van der Waals surface area contributed by atoms with Gasteiger partial charge in [0, 0.05) is 23.1 Å². The summed E-state index contributed by atoms with van der Waals surface area (Å²) in [5, 5.41) is 3.44. The Kier molecular flexibility index (Phi) is 2.61. The van der Waals surface area contributed by atoms with Crippen molar-refractivity contribution in [2.24, 2.45) is 5.73 Å². The summed E-state index contributed by atoms with van der Waals surface area (Å²) in [7, 11) is 0. The Bertz CT molecular complexity index is 411. The van der Waals surface area contributed by atoms with Crippen LogP contribution in [-0.2, 0) is 0 Å². The van der Waals surface area contributed by atoms with Crippen LogP contribution in [0.3, 0.4) is 0 Å². The van der Waals surface area contributed by atoms with Crippen LogP contribution >= 0.6 is 12.2 Å². The predicted molar refractivity (Wildman–Crippen MR) is 66.2 cm³/mol. The molecule has 0 aliphatic heterocycles. The first kappa shape index (κ1) is 10.4. The fourth-order valence-electron chi connectivity index (χ4n) is 1.70. The molecule has 1 heterocycles. The van der Waals surface area contributed by atoms with Crippen LogP contribution in [0.25, 0.3) is 0 Å². The lowest BCUT2D eigenvalue weighted by atomic mass is 10.1. The predicted octanol–water partition coefficient (Wildman–Crippen LogP) is 1.91. The molecule has 2 rings (SSSR count). The van der Waals surface area contributed by atoms with Crippen molar-refractivity contribution in [3.63, 3.8) is 0 Å². The number of hydrogen-bond donors (Lipinski definition) is 2. The van der Waals surface area contributed by atoms with Gasteiger partial charge in [-0.25, -0.2) is 0 Å². The number of aromatic nitrogens is 1. The van der Waals surface area contributed by atoms with E-state index in [1.807, 2.05) is 19.9 Å². The van der Waals surface area contributed by atoms with Crippen molar-refractivity contribution in [3.05, 3.63) is 23.0 Å². The van der Waals surface area contributed by atoms with Gasteiger partial charge in [-0.05, 0) is 32.8 Å². The lowest BCUT2D eigenvalue weighted by Crippen LogP contribution is -2.17. The van der Waals surface area contributed by atoms with Crippen molar-refractivity contribution in [2.75, 3.05) is 5.32 Å². The van der Waals surface area contributed by atoms with Gasteiger partial charge in [-0.3, -0.25) is 4.98 Å². The highest BCUT2D eigenvalue weighted by Crippen LogP contribution is 2.28. The number of nitrogens with zero attached hydrogens (tertiary/aromatic N) is 1. The standard InChI is InChI=1S/C11H15N3S/c1-6-5-9(14-8-3-4-8)10(11(12)15)7(2)13-6/h5,8H,3-4H2,1-2H3,(H2,12,15)(H,13,14). The molecule has 1 saturated carbocycles. The van der Waals surface area contributed by atoms with Gasteiger partial charge in [0.1, 0.15) is 4.99 Å². The molecular formula is C11H15N3S. The van der Waals surface area contributed by atoms with Crippen molar-refractivity contribution >= 4 is 22.9 Å². The zero-order chi connectivity index (χ0) is 11.0. The summed E-state index contributed by atoms with van der Waals surface area (Å²) in [5.41, 5.74) is 9.55. The minimum absolute atomic E-state index is 0.420. The Hall–Kier alpha value is -1.16. The van der Waals surface area contributed by atoms with Crippen molar-refractivity contribution in [3.8, 4) is 0 Å². The molecular weight excluding hydrogens is 206 g/mol. The van der Waals surface area contributed by atoms with Crippen molar-refractivity contribution in [1.82, 2.24) is 4.98 Å². The monoisotopic (exact) mass is 221 g/mol. The summed E-state index contributed by atoms with van der Waals surface area (Å²) in [6.45, 7) is 3.92. The van der Waals surface area contributed by atoms with Gasteiger partial charge in [0.25, 0.3) is 0 Å². The third kappa shape index (κ3) is 2.26. The summed E-state index contributed by atoms with van der Waals surface area (Å²) in [6.07, 6.45) is 2.47. The topological polar surface area (TPSA) is 50.9 Å². The van der Waals surface area contributed by atoms with Crippen molar-refractivity contribution in [1.29, 1.82) is 0 Å². The second kappa shape index (κ2) is 3.77. The first-order valence-corrected chi connectivity index (χ1v) is 5.53. The molecule has 1 aromatic rings. The van der Waals surface area contributed by atoms with Crippen molar-refractivity contribution < 1.29 is 0 Å². The largest absolute Gasteiger partial charge is 0.389 e. The van der Waals surface area contributed by atoms with E-state index in [9.17, 15) is 0 Å². The van der Waals surface area contributed by atoms with E-state index in [-0.39, 0.29) is 0 Å². The molecule has 0 amide bonds. The average molecular weight is 221 g/mol. The highest BCUT2D eigenvalue weighted by Gasteiger charge is 2.23. The van der Waals surface area contributed by atoms with E-state index in [0.29, 0.717) is 11.0 Å². The SMILES string of the molecule is Cc1cc(NC2CC2)c(C(N)=S)c(C)n1. The molecule has 0 saturated heterocycles. The minimum atomic E-state index is 0.420. The van der Waals surface area contributed by atoms with Crippen LogP contribution in [0.4, 0.5) is 5.69 Å². The fraction of sp³-hybridized carbons (Fsp3) is 0.455. The number of pyridine rings is 1. The van der Waals surface area contributed by atoms with Gasteiger partial charge >= 0.3 is 0 Å². The summed E-state index contributed by atoms with van der Waals surface area (Å²) >= 11 is 5.05. The third-order valence-electron chi connectivity index (χ3n) is 2.51. The zero-order valence-corrected chi connectivity index (χ0v) is 9.82. The van der Waals surface area contributed by atoms with E-state index in [2.05, 4.69) is 10.3 Å². The molecule has 3 nitrogen and oxygen atoms in total. The van der Waals surface area contributed by atoms with Gasteiger partial charge in [0.2, 0.25) is 0 Å². The van der Waals surface area contributed by atoms with E-state index in [4.69, 9.17) is 18.0 Å². The van der Waals surface area contributed by atoms with Crippen LogP contribution in [-0.4, -0.2) is 16.0 Å². The number of nitrogens with two attached hydrogens (primary N) is 1. The van der Waals surface area contributed by atoms with Crippen molar-refractivity contribution in [2.45, 2.75) is 32.7 Å². The normalized spacial score (nSPS) is 15.1. The van der Waals surface area contributed by atoms with Gasteiger partial charge in [0.15, 0.2) is 0 Å². The van der Waals surface area contributed by atoms with Gasteiger partial charge in [-0.2, -0.15) is 0 Å². The first-order chi connectivity index (χ1) is 7.08. The summed E-state index contributed by atoms with van der Waals surface area (Å²) < 4.78 is 0. The highest BCUT2D eigenvalue weighted by atomic mass is 32.1. The maximum atomic E-state index is 5.71. The fourth-order valence-corrected chi connectivity index (χ4v) is 1.96. The van der Waals surface area contributed by atoms with E-state index < -0.39 is 0 Å². The molecule has 0 bridgehead atoms. The molecule has 1 aliphatic carbocycles. The average Bonchev–Trinajstić information content (AvgIpc) is 2.85. The molecule has 1 fully saturated rings. The number of nitrogens with one attached hydrogen (secondary N) is 1. The summed E-state index contributed by atoms with van der Waals surface area (Å²) in [4.78, 5) is 4.80. The molecule has 0 radical (unpaired) electrons. The Morgan fingerprint density at radius 1 is 1.53 bits per heavy atom. The van der Waals surface area contributed by atoms with E-state index >= 15 is 0 Å². The summed E-state index contributed by atoms with van der Waals surface area (Å²) in [5.74, 6) is 0. The first-order valence-electron chi connectivity index (χ1n) is 5.12. The molecule has 0 atom stereocenters. The van der Waals surface area contributed by atoms with E-state index in [1.165, 1.54) is 12.8 Å². The molecule has 1 aliphatic rings. The Morgan fingerprint density at radius 3 is 2.73 bits per heavy atom. The molecule has 3 N–H and O–H groups in total. The Morgan fingerprint density at radius 2 is 2.20 bits per heavy atom. The zero-order valence-electron chi connectivity index (χ0n) is 9.00. The van der Waals surface area contributed by atoms with Crippen LogP contribution in [0, 0.1) is 13.8 Å². The lowest BCUT2D eigenvalue weighted by Gasteiger charge is -2.13. The molecule has 0 spiro atoms. The van der Waals surface area contributed by atoms with Gasteiger partial charge in [-0.15, -0.1) is 0 Å². The minimum Gasteiger partial charge on any atom is -0.389 e. The van der Waals surface area contributed by atoms with Crippen LogP contribution < -0.4 is 11.1 Å².